The van der Waals surface area contributed by atoms with Crippen molar-refractivity contribution in [1.82, 2.24) is 19.8 Å². The summed E-state index contributed by atoms with van der Waals surface area (Å²) in [6.45, 7) is 15.5. The van der Waals surface area contributed by atoms with Crippen LogP contribution in [0.2, 0.25) is 0 Å². The molecule has 68 heavy (non-hydrogen) atoms. The van der Waals surface area contributed by atoms with Crippen molar-refractivity contribution in [2.24, 2.45) is 23.7 Å². The quantitative estimate of drug-likeness (QED) is 0.0911. The molecule has 12 rings (SSSR count). The van der Waals surface area contributed by atoms with E-state index in [2.05, 4.69) is 45.1 Å². The van der Waals surface area contributed by atoms with Gasteiger partial charge in [0.1, 0.15) is 11.5 Å². The van der Waals surface area contributed by atoms with Gasteiger partial charge in [-0.15, -0.1) is 13.2 Å². The van der Waals surface area contributed by atoms with E-state index in [0.717, 1.165) is 83.5 Å². The van der Waals surface area contributed by atoms with Crippen LogP contribution in [0.4, 0.5) is 0 Å². The van der Waals surface area contributed by atoms with Crippen molar-refractivity contribution in [3.63, 3.8) is 0 Å². The first-order valence-corrected chi connectivity index (χ1v) is 23.5. The number of carboxylic acid groups (broad SMARTS) is 2. The largest absolute Gasteiger partial charge is 0.497 e. The summed E-state index contributed by atoms with van der Waals surface area (Å²) in [5, 5.41) is 43.0. The molecule has 10 atom stereocenters. The number of aromatic nitrogens is 2. The lowest BCUT2D eigenvalue weighted by atomic mass is 9.73. The highest BCUT2D eigenvalue weighted by Crippen LogP contribution is 2.44. The highest BCUT2D eigenvalue weighted by Gasteiger charge is 2.43. The number of hydrogen-bond acceptors (Lipinski definition) is 10. The fourth-order valence-electron chi connectivity index (χ4n) is 11.2. The second kappa shape index (κ2) is 20.8. The zero-order valence-corrected chi connectivity index (χ0v) is 39.3. The van der Waals surface area contributed by atoms with Crippen molar-refractivity contribution in [3.8, 4) is 22.6 Å². The number of pyridine rings is 2. The van der Waals surface area contributed by atoms with E-state index in [1.54, 1.807) is 76.9 Å². The van der Waals surface area contributed by atoms with Gasteiger partial charge in [0, 0.05) is 48.3 Å². The average Bonchev–Trinajstić information content (AvgIpc) is 3.37. The first-order valence-electron chi connectivity index (χ1n) is 23.5. The van der Waals surface area contributed by atoms with Gasteiger partial charge in [-0.1, -0.05) is 48.6 Å². The smallest absolute Gasteiger partial charge is 0.336 e. The molecule has 8 heterocycles. The highest BCUT2D eigenvalue weighted by atomic mass is 16.5. The number of piperidine rings is 6. The topological polar surface area (TPSA) is 166 Å². The number of hydrogen-bond donors (Lipinski definition) is 4. The predicted molar refractivity (Wildman–Crippen MR) is 265 cm³/mol. The summed E-state index contributed by atoms with van der Waals surface area (Å²) in [7, 11) is 3.32. The highest BCUT2D eigenvalue weighted by molar-refractivity contribution is 6.03. The van der Waals surface area contributed by atoms with Crippen molar-refractivity contribution in [3.05, 3.63) is 156 Å². The number of ether oxygens (including phenoxy) is 2. The number of aromatic carboxylic acids is 2. The van der Waals surface area contributed by atoms with Gasteiger partial charge in [-0.2, -0.15) is 0 Å². The van der Waals surface area contributed by atoms with Gasteiger partial charge < -0.3 is 29.9 Å². The van der Waals surface area contributed by atoms with E-state index < -0.39 is 24.1 Å². The van der Waals surface area contributed by atoms with Gasteiger partial charge in [-0.25, -0.2) is 9.59 Å². The van der Waals surface area contributed by atoms with E-state index >= 15 is 0 Å². The van der Waals surface area contributed by atoms with Gasteiger partial charge in [-0.3, -0.25) is 19.8 Å². The Balaban J connectivity index is 0.000000139. The third kappa shape index (κ3) is 9.64. The molecule has 6 aliphatic rings. The Morgan fingerprint density at radius 3 is 1.40 bits per heavy atom. The van der Waals surface area contributed by atoms with Crippen LogP contribution in [0.3, 0.4) is 0 Å². The van der Waals surface area contributed by atoms with Crippen LogP contribution < -0.4 is 9.47 Å². The van der Waals surface area contributed by atoms with E-state index in [-0.39, 0.29) is 23.2 Å². The van der Waals surface area contributed by atoms with Crippen molar-refractivity contribution in [2.45, 2.75) is 63.8 Å². The second-order valence-electron chi connectivity index (χ2n) is 18.6. The Bertz CT molecular complexity index is 2640. The zero-order chi connectivity index (χ0) is 48.2. The van der Waals surface area contributed by atoms with Gasteiger partial charge in [0.05, 0.1) is 48.6 Å². The van der Waals surface area contributed by atoms with Crippen LogP contribution in [-0.4, -0.2) is 105 Å². The van der Waals surface area contributed by atoms with Gasteiger partial charge in [0.15, 0.2) is 0 Å². The van der Waals surface area contributed by atoms with Crippen LogP contribution in [0.1, 0.15) is 80.9 Å². The molecule has 2 aromatic heterocycles. The molecule has 0 spiro atoms. The minimum absolute atomic E-state index is 0.139. The van der Waals surface area contributed by atoms with Crippen molar-refractivity contribution in [1.29, 1.82) is 0 Å². The normalized spacial score (nSPS) is 24.4. The SMILES string of the molecule is C=C[C@H]1CN2CC[C@H]1C[C@H]2[C@H](O)c1ccnc2ccc(OC)cc12.C=C[C@H]1CN2CC[C@H]1C[C@H]2[C@H](O)c1ccnc2ccc(OC)cc12.Cc1cccc(-c2cccc(C)c2C(=O)O)c1C(=O)O. The van der Waals surface area contributed by atoms with E-state index in [0.29, 0.717) is 45.9 Å². The molecule has 4 N–H and O–H groups in total. The number of fused-ring (bicyclic) bond motifs is 8. The first kappa shape index (κ1) is 48.0. The van der Waals surface area contributed by atoms with Crippen LogP contribution in [0.5, 0.6) is 11.5 Å². The molecule has 0 aliphatic carbocycles. The molecule has 4 aromatic carbocycles. The number of rotatable bonds is 11. The molecule has 0 saturated carbocycles. The molecule has 12 heteroatoms. The Hall–Kier alpha value is -6.44. The number of benzene rings is 4. The number of aryl methyl sites for hydroxylation is 2. The van der Waals surface area contributed by atoms with Gasteiger partial charge >= 0.3 is 11.9 Å². The molecule has 6 aliphatic heterocycles. The fourth-order valence-corrected chi connectivity index (χ4v) is 11.2. The number of methoxy groups -OCH3 is 2. The Kier molecular flexibility index (Phi) is 14.7. The molecule has 0 amide bonds. The van der Waals surface area contributed by atoms with E-state index in [9.17, 15) is 30.0 Å². The Labute approximate surface area is 398 Å². The average molecular weight is 919 g/mol. The van der Waals surface area contributed by atoms with Crippen LogP contribution in [0.25, 0.3) is 32.9 Å². The molecule has 2 unspecified atom stereocenters. The number of aliphatic hydroxyl groups is 2. The summed E-state index contributed by atoms with van der Waals surface area (Å²) < 4.78 is 10.7. The summed E-state index contributed by atoms with van der Waals surface area (Å²) in [6, 6.07) is 26.0. The van der Waals surface area contributed by atoms with Crippen LogP contribution in [-0.2, 0) is 0 Å². The zero-order valence-electron chi connectivity index (χ0n) is 39.3. The third-order valence-electron chi connectivity index (χ3n) is 14.9. The fraction of sp³-hybridized carbons (Fsp3) is 0.357. The number of nitrogens with zero attached hydrogens (tertiary/aromatic N) is 4. The molecular weight excluding hydrogens is 857 g/mol. The maximum absolute atomic E-state index is 11.4. The minimum Gasteiger partial charge on any atom is -0.497 e. The summed E-state index contributed by atoms with van der Waals surface area (Å²) in [5.74, 6) is 1.90. The number of aliphatic hydroxyl groups excluding tert-OH is 2. The number of carboxylic acids is 2. The standard InChI is InChI=1S/2C20H24N2O2.C16H14O4/c2*1-3-13-12-22-9-7-14(13)10-19(22)20(23)16-6-8-21-18-5-4-15(24-2)11-17(16)18;1-9-5-3-7-11(13(9)15(17)18)12-8-4-6-10(2)14(12)16(19)20/h2*3-6,8,11,13-14,19-20,23H,1,7,9-10,12H2,2H3;3-8H,1-2H3,(H,17,18)(H,19,20)/t2*13-,14-,19-,20+;/m00./s1. The molecule has 6 fully saturated rings. The van der Waals surface area contributed by atoms with Crippen molar-refractivity contribution < 1.29 is 39.5 Å². The monoisotopic (exact) mass is 918 g/mol. The number of carbonyl (C=O) groups is 2. The Morgan fingerprint density at radius 1 is 0.647 bits per heavy atom. The molecule has 12 nitrogen and oxygen atoms in total. The van der Waals surface area contributed by atoms with E-state index in [1.807, 2.05) is 48.5 Å². The summed E-state index contributed by atoms with van der Waals surface area (Å²) in [5.41, 5.74) is 6.04. The third-order valence-corrected chi connectivity index (χ3v) is 14.9. The van der Waals surface area contributed by atoms with Crippen molar-refractivity contribution in [2.75, 3.05) is 40.4 Å². The lowest BCUT2D eigenvalue weighted by Gasteiger charge is -2.50. The summed E-state index contributed by atoms with van der Waals surface area (Å²) in [6.07, 6.45) is 11.2. The molecule has 0 radical (unpaired) electrons. The van der Waals surface area contributed by atoms with E-state index in [1.165, 1.54) is 12.8 Å². The molecule has 4 bridgehead atoms. The van der Waals surface area contributed by atoms with E-state index in [4.69, 9.17) is 9.47 Å². The van der Waals surface area contributed by atoms with Gasteiger partial charge in [-0.05, 0) is 158 Å². The van der Waals surface area contributed by atoms with Crippen LogP contribution in [0, 0.1) is 37.5 Å². The van der Waals surface area contributed by atoms with Crippen LogP contribution >= 0.6 is 0 Å². The first-order chi connectivity index (χ1) is 32.8. The summed E-state index contributed by atoms with van der Waals surface area (Å²) in [4.78, 5) is 36.6. The maximum atomic E-state index is 11.4. The lowest BCUT2D eigenvalue weighted by molar-refractivity contribution is -0.0445. The molecule has 354 valence electrons. The van der Waals surface area contributed by atoms with Gasteiger partial charge in [0.25, 0.3) is 0 Å². The second-order valence-corrected chi connectivity index (χ2v) is 18.6. The summed E-state index contributed by atoms with van der Waals surface area (Å²) >= 11 is 0. The predicted octanol–water partition coefficient (Wildman–Crippen LogP) is 9.71. The van der Waals surface area contributed by atoms with Crippen LogP contribution in [0.15, 0.2) is 123 Å². The molecule has 6 saturated heterocycles. The van der Waals surface area contributed by atoms with Gasteiger partial charge in [0.2, 0.25) is 0 Å². The lowest BCUT2D eigenvalue weighted by Crippen LogP contribution is -2.54. The van der Waals surface area contributed by atoms with Crippen molar-refractivity contribution >= 4 is 33.7 Å². The molecular formula is C56H62N4O8. The minimum atomic E-state index is -1.06. The Morgan fingerprint density at radius 2 is 1.06 bits per heavy atom. The molecule has 6 aromatic rings. The maximum Gasteiger partial charge on any atom is 0.336 e.